The normalized spacial score (nSPS) is 15.6. The van der Waals surface area contributed by atoms with Crippen LogP contribution in [0.15, 0.2) is 64.9 Å². The van der Waals surface area contributed by atoms with Gasteiger partial charge in [0, 0.05) is 42.0 Å². The maximum Gasteiger partial charge on any atom is 0.255 e. The molecule has 0 N–H and O–H groups in total. The maximum absolute atomic E-state index is 13.9. The minimum absolute atomic E-state index is 0.0458. The highest BCUT2D eigenvalue weighted by molar-refractivity contribution is 7.89. The first kappa shape index (κ1) is 26.1. The first-order chi connectivity index (χ1) is 16.8. The Morgan fingerprint density at radius 3 is 2.49 bits per heavy atom. The summed E-state index contributed by atoms with van der Waals surface area (Å²) in [7, 11) is -3.77. The number of carbonyl (C=O) groups is 1. The summed E-state index contributed by atoms with van der Waals surface area (Å²) in [5, 5.41) is 2.83. The SMILES string of the molecule is C[C@@H](Cc1cccs1)N(Cc1ccc(Cl)cc1)C(=O)c1cc(S(=O)(=O)N2CCOCC2)ccc1Cl. The fraction of sp³-hybridized carbons (Fsp3) is 0.320. The van der Waals surface area contributed by atoms with Crippen molar-refractivity contribution in [3.05, 3.63) is 86.0 Å². The largest absolute Gasteiger partial charge is 0.379 e. The number of thiophene rings is 1. The number of halogens is 2. The quantitative estimate of drug-likeness (QED) is 0.377. The standard InChI is InChI=1S/C25H26Cl2N2O4S2/c1-18(15-21-3-2-14-34-21)29(17-19-4-6-20(26)7-5-19)25(30)23-16-22(8-9-24(23)27)35(31,32)28-10-12-33-13-11-28/h2-9,14,16,18H,10-13,15,17H2,1H3/t18-/m0/s1. The fourth-order valence-corrected chi connectivity index (χ4v) is 6.55. The van der Waals surface area contributed by atoms with Crippen molar-refractivity contribution in [3.63, 3.8) is 0 Å². The molecule has 1 saturated heterocycles. The lowest BCUT2D eigenvalue weighted by Gasteiger charge is -2.30. The van der Waals surface area contributed by atoms with Crippen LogP contribution in [0.3, 0.4) is 0 Å². The Bertz CT molecular complexity index is 1260. The molecule has 0 saturated carbocycles. The zero-order valence-corrected chi connectivity index (χ0v) is 22.3. The zero-order chi connectivity index (χ0) is 25.0. The third kappa shape index (κ3) is 6.25. The molecule has 1 aromatic heterocycles. The number of morpholine rings is 1. The van der Waals surface area contributed by atoms with Crippen molar-refractivity contribution in [1.29, 1.82) is 0 Å². The molecule has 3 aromatic rings. The topological polar surface area (TPSA) is 66.9 Å². The van der Waals surface area contributed by atoms with Gasteiger partial charge in [-0.1, -0.05) is 41.4 Å². The number of amides is 1. The third-order valence-electron chi connectivity index (χ3n) is 5.91. The van der Waals surface area contributed by atoms with Gasteiger partial charge in [-0.25, -0.2) is 8.42 Å². The molecule has 0 spiro atoms. The van der Waals surface area contributed by atoms with Gasteiger partial charge in [0.05, 0.1) is 28.7 Å². The summed E-state index contributed by atoms with van der Waals surface area (Å²) >= 11 is 14.1. The number of rotatable bonds is 8. The van der Waals surface area contributed by atoms with Crippen molar-refractivity contribution in [2.75, 3.05) is 26.3 Å². The lowest BCUT2D eigenvalue weighted by Crippen LogP contribution is -2.41. The molecule has 6 nitrogen and oxygen atoms in total. The molecular formula is C25H26Cl2N2O4S2. The van der Waals surface area contributed by atoms with Gasteiger partial charge in [-0.05, 0) is 54.3 Å². The predicted octanol–water partition coefficient (Wildman–Crippen LogP) is 5.35. The summed E-state index contributed by atoms with van der Waals surface area (Å²) in [5.74, 6) is -0.326. The van der Waals surface area contributed by atoms with Gasteiger partial charge in [0.25, 0.3) is 5.91 Å². The molecule has 2 heterocycles. The summed E-state index contributed by atoms with van der Waals surface area (Å²) in [5.41, 5.74) is 1.07. The van der Waals surface area contributed by atoms with E-state index in [1.54, 1.807) is 28.4 Å². The molecule has 1 atom stereocenters. The second kappa shape index (κ2) is 11.4. The van der Waals surface area contributed by atoms with Crippen molar-refractivity contribution in [2.24, 2.45) is 0 Å². The van der Waals surface area contributed by atoms with E-state index >= 15 is 0 Å². The predicted molar refractivity (Wildman–Crippen MR) is 140 cm³/mol. The van der Waals surface area contributed by atoms with Crippen LogP contribution in [0.2, 0.25) is 10.0 Å². The first-order valence-electron chi connectivity index (χ1n) is 11.2. The van der Waals surface area contributed by atoms with E-state index < -0.39 is 10.0 Å². The molecule has 186 valence electrons. The second-order valence-electron chi connectivity index (χ2n) is 8.35. The molecule has 0 aliphatic carbocycles. The van der Waals surface area contributed by atoms with Crippen LogP contribution in [-0.2, 0) is 27.7 Å². The van der Waals surface area contributed by atoms with Gasteiger partial charge in [0.15, 0.2) is 0 Å². The molecule has 1 aliphatic heterocycles. The van der Waals surface area contributed by atoms with Gasteiger partial charge in [-0.2, -0.15) is 4.31 Å². The summed E-state index contributed by atoms with van der Waals surface area (Å²) in [6.07, 6.45) is 0.667. The van der Waals surface area contributed by atoms with E-state index in [0.717, 1.165) is 10.4 Å². The van der Waals surface area contributed by atoms with E-state index in [1.165, 1.54) is 22.5 Å². The molecule has 4 rings (SSSR count). The maximum atomic E-state index is 13.9. The van der Waals surface area contributed by atoms with Gasteiger partial charge in [-0.3, -0.25) is 4.79 Å². The number of sulfonamides is 1. The van der Waals surface area contributed by atoms with E-state index in [0.29, 0.717) is 31.2 Å². The lowest BCUT2D eigenvalue weighted by atomic mass is 10.1. The van der Waals surface area contributed by atoms with Crippen molar-refractivity contribution < 1.29 is 17.9 Å². The number of carbonyl (C=O) groups excluding carboxylic acids is 1. The first-order valence-corrected chi connectivity index (χ1v) is 14.3. The minimum Gasteiger partial charge on any atom is -0.379 e. The van der Waals surface area contributed by atoms with E-state index in [-0.39, 0.29) is 40.5 Å². The fourth-order valence-electron chi connectivity index (χ4n) is 3.96. The summed E-state index contributed by atoms with van der Waals surface area (Å²) in [6, 6.07) is 15.5. The summed E-state index contributed by atoms with van der Waals surface area (Å²) in [6.45, 7) is 3.54. The highest BCUT2D eigenvalue weighted by Gasteiger charge is 2.30. The van der Waals surface area contributed by atoms with Crippen molar-refractivity contribution in [3.8, 4) is 0 Å². The molecule has 1 amide bonds. The number of nitrogens with zero attached hydrogens (tertiary/aromatic N) is 2. The summed E-state index contributed by atoms with van der Waals surface area (Å²) in [4.78, 5) is 16.8. The number of hydrogen-bond acceptors (Lipinski definition) is 5. The van der Waals surface area contributed by atoms with Crippen LogP contribution in [-0.4, -0.2) is 55.9 Å². The molecular weight excluding hydrogens is 527 g/mol. The number of benzene rings is 2. The number of hydrogen-bond donors (Lipinski definition) is 0. The molecule has 10 heteroatoms. The Labute approximate surface area is 220 Å². The Balaban J connectivity index is 1.67. The van der Waals surface area contributed by atoms with Gasteiger partial charge >= 0.3 is 0 Å². The van der Waals surface area contributed by atoms with E-state index in [9.17, 15) is 13.2 Å². The van der Waals surface area contributed by atoms with Crippen molar-refractivity contribution >= 4 is 50.5 Å². The summed E-state index contributed by atoms with van der Waals surface area (Å²) < 4.78 is 33.1. The molecule has 2 aromatic carbocycles. The Morgan fingerprint density at radius 1 is 1.11 bits per heavy atom. The highest BCUT2D eigenvalue weighted by Crippen LogP contribution is 2.27. The molecule has 0 radical (unpaired) electrons. The monoisotopic (exact) mass is 552 g/mol. The second-order valence-corrected chi connectivity index (χ2v) is 12.2. The minimum atomic E-state index is -3.77. The van der Waals surface area contributed by atoms with Crippen LogP contribution < -0.4 is 0 Å². The molecule has 0 bridgehead atoms. The van der Waals surface area contributed by atoms with E-state index in [1.807, 2.05) is 36.6 Å². The Kier molecular flexibility index (Phi) is 8.52. The Hall–Kier alpha value is -1.94. The third-order valence-corrected chi connectivity index (χ3v) is 9.29. The Morgan fingerprint density at radius 2 is 1.83 bits per heavy atom. The van der Waals surface area contributed by atoms with Crippen LogP contribution in [0.4, 0.5) is 0 Å². The van der Waals surface area contributed by atoms with Crippen LogP contribution in [0, 0.1) is 0 Å². The zero-order valence-electron chi connectivity index (χ0n) is 19.2. The average Bonchev–Trinajstić information content (AvgIpc) is 3.37. The van der Waals surface area contributed by atoms with Crippen LogP contribution in [0.1, 0.15) is 27.7 Å². The smallest absolute Gasteiger partial charge is 0.255 e. The number of ether oxygens (including phenoxy) is 1. The highest BCUT2D eigenvalue weighted by atomic mass is 35.5. The van der Waals surface area contributed by atoms with E-state index in [4.69, 9.17) is 27.9 Å². The van der Waals surface area contributed by atoms with Gasteiger partial charge < -0.3 is 9.64 Å². The molecule has 35 heavy (non-hydrogen) atoms. The van der Waals surface area contributed by atoms with Crippen LogP contribution >= 0.6 is 34.5 Å². The van der Waals surface area contributed by atoms with Crippen molar-refractivity contribution in [1.82, 2.24) is 9.21 Å². The molecule has 1 fully saturated rings. The van der Waals surface area contributed by atoms with E-state index in [2.05, 4.69) is 0 Å². The average molecular weight is 554 g/mol. The molecule has 1 aliphatic rings. The van der Waals surface area contributed by atoms with Crippen LogP contribution in [0.5, 0.6) is 0 Å². The van der Waals surface area contributed by atoms with Crippen LogP contribution in [0.25, 0.3) is 0 Å². The van der Waals surface area contributed by atoms with Gasteiger partial charge in [0.2, 0.25) is 10.0 Å². The van der Waals surface area contributed by atoms with Crippen molar-refractivity contribution in [2.45, 2.75) is 30.8 Å². The van der Waals surface area contributed by atoms with Gasteiger partial charge in [0.1, 0.15) is 0 Å². The molecule has 0 unspecified atom stereocenters. The lowest BCUT2D eigenvalue weighted by molar-refractivity contribution is 0.0675. The van der Waals surface area contributed by atoms with Gasteiger partial charge in [-0.15, -0.1) is 11.3 Å².